The van der Waals surface area contributed by atoms with Crippen molar-refractivity contribution in [3.63, 3.8) is 0 Å². The van der Waals surface area contributed by atoms with E-state index in [2.05, 4.69) is 15.3 Å². The van der Waals surface area contributed by atoms with E-state index < -0.39 is 5.95 Å². The summed E-state index contributed by atoms with van der Waals surface area (Å²) in [7, 11) is 2.93. The smallest absolute Gasteiger partial charge is 0.255 e. The van der Waals surface area contributed by atoms with Crippen molar-refractivity contribution in [1.29, 1.82) is 0 Å². The Hall–Kier alpha value is -2.64. The van der Waals surface area contributed by atoms with Gasteiger partial charge in [0.25, 0.3) is 5.95 Å². The van der Waals surface area contributed by atoms with Crippen LogP contribution in [0.25, 0.3) is 22.2 Å². The lowest BCUT2D eigenvalue weighted by atomic mass is 10.1. The van der Waals surface area contributed by atoms with Gasteiger partial charge in [0, 0.05) is 35.7 Å². The molecule has 0 atom stereocenters. The molecule has 0 fully saturated rings. The van der Waals surface area contributed by atoms with Crippen LogP contribution in [0.5, 0.6) is 5.75 Å². The van der Waals surface area contributed by atoms with Gasteiger partial charge >= 0.3 is 0 Å². The molecular formula is C19H19ClFN3O3. The number of nitrogens with zero attached hydrogens (tertiary/aromatic N) is 1. The molecule has 0 radical (unpaired) electrons. The molecule has 27 heavy (non-hydrogen) atoms. The molecule has 0 aliphatic carbocycles. The molecule has 0 bridgehead atoms. The van der Waals surface area contributed by atoms with Crippen molar-refractivity contribution >= 4 is 28.4 Å². The molecule has 3 rings (SSSR count). The Bertz CT molecular complexity index is 974. The van der Waals surface area contributed by atoms with Crippen molar-refractivity contribution < 1.29 is 18.7 Å². The lowest BCUT2D eigenvalue weighted by Crippen LogP contribution is -2.23. The molecular weight excluding hydrogens is 373 g/mol. The van der Waals surface area contributed by atoms with Crippen LogP contribution in [0.3, 0.4) is 0 Å². The monoisotopic (exact) mass is 391 g/mol. The zero-order valence-corrected chi connectivity index (χ0v) is 15.7. The number of aromatic amines is 1. The summed E-state index contributed by atoms with van der Waals surface area (Å²) < 4.78 is 23.7. The maximum Gasteiger partial charge on any atom is 0.255 e. The number of benzene rings is 1. The summed E-state index contributed by atoms with van der Waals surface area (Å²) in [4.78, 5) is 18.8. The Labute approximate surface area is 160 Å². The number of pyridine rings is 1. The van der Waals surface area contributed by atoms with Gasteiger partial charge in [-0.25, -0.2) is 4.98 Å². The largest absolute Gasteiger partial charge is 0.492 e. The molecule has 2 heterocycles. The van der Waals surface area contributed by atoms with Gasteiger partial charge in [0.1, 0.15) is 0 Å². The van der Waals surface area contributed by atoms with Crippen LogP contribution in [-0.4, -0.2) is 36.7 Å². The Kier molecular flexibility index (Phi) is 5.93. The average molecular weight is 392 g/mol. The number of hydrogen-bond acceptors (Lipinski definition) is 4. The van der Waals surface area contributed by atoms with Crippen molar-refractivity contribution in [3.05, 3.63) is 47.0 Å². The maximum absolute atomic E-state index is 13.9. The zero-order chi connectivity index (χ0) is 19.4. The molecule has 1 aromatic carbocycles. The number of nitrogens with one attached hydrogen (secondary N) is 2. The number of carbonyl (C=O) groups is 1. The summed E-state index contributed by atoms with van der Waals surface area (Å²) in [5.74, 6) is -0.716. The van der Waals surface area contributed by atoms with Crippen molar-refractivity contribution in [3.8, 4) is 17.0 Å². The third-order valence-electron chi connectivity index (χ3n) is 4.08. The minimum absolute atomic E-state index is 0.0716. The molecule has 0 unspecified atom stereocenters. The Morgan fingerprint density at radius 2 is 2.11 bits per heavy atom. The van der Waals surface area contributed by atoms with Gasteiger partial charge < -0.3 is 19.8 Å². The van der Waals surface area contributed by atoms with E-state index in [1.807, 2.05) is 12.1 Å². The van der Waals surface area contributed by atoms with E-state index in [-0.39, 0.29) is 11.7 Å². The normalized spacial score (nSPS) is 11.0. The molecule has 0 aliphatic rings. The van der Waals surface area contributed by atoms with Crippen LogP contribution >= 0.6 is 11.6 Å². The van der Waals surface area contributed by atoms with Crippen LogP contribution in [0.1, 0.15) is 12.1 Å². The third kappa shape index (κ3) is 4.37. The summed E-state index contributed by atoms with van der Waals surface area (Å²) in [5, 5.41) is 4.16. The van der Waals surface area contributed by atoms with Gasteiger partial charge in [0.15, 0.2) is 5.75 Å². The minimum Gasteiger partial charge on any atom is -0.492 e. The Morgan fingerprint density at radius 3 is 2.81 bits per heavy atom. The fourth-order valence-electron chi connectivity index (χ4n) is 2.71. The van der Waals surface area contributed by atoms with Gasteiger partial charge in [-0.2, -0.15) is 4.39 Å². The molecule has 0 saturated carbocycles. The molecule has 3 aromatic rings. The van der Waals surface area contributed by atoms with Crippen molar-refractivity contribution in [2.75, 3.05) is 20.8 Å². The van der Waals surface area contributed by atoms with E-state index in [0.717, 1.165) is 16.6 Å². The predicted octanol–water partition coefficient (Wildman–Crippen LogP) is 3.68. The molecule has 0 spiro atoms. The van der Waals surface area contributed by atoms with E-state index in [4.69, 9.17) is 21.1 Å². The summed E-state index contributed by atoms with van der Waals surface area (Å²) in [6.07, 6.45) is 0.307. The summed E-state index contributed by atoms with van der Waals surface area (Å²) >= 11 is 6.37. The highest BCUT2D eigenvalue weighted by molar-refractivity contribution is 6.34. The van der Waals surface area contributed by atoms with Crippen LogP contribution < -0.4 is 10.1 Å². The maximum atomic E-state index is 13.9. The Morgan fingerprint density at radius 1 is 1.30 bits per heavy atom. The lowest BCUT2D eigenvalue weighted by Gasteiger charge is -2.06. The van der Waals surface area contributed by atoms with Gasteiger partial charge in [-0.3, -0.25) is 4.79 Å². The van der Waals surface area contributed by atoms with Crippen LogP contribution in [0.15, 0.2) is 30.3 Å². The number of amides is 1. The highest BCUT2D eigenvalue weighted by atomic mass is 35.5. The molecule has 0 saturated heterocycles. The summed E-state index contributed by atoms with van der Waals surface area (Å²) in [6.45, 7) is 0.739. The fourth-order valence-corrected chi connectivity index (χ4v) is 2.97. The van der Waals surface area contributed by atoms with Crippen LogP contribution in [0.2, 0.25) is 5.02 Å². The van der Waals surface area contributed by atoms with Crippen LogP contribution in [0, 0.1) is 5.95 Å². The number of aromatic nitrogens is 2. The molecule has 8 heteroatoms. The number of ether oxygens (including phenoxy) is 2. The van der Waals surface area contributed by atoms with Gasteiger partial charge in [-0.15, -0.1) is 0 Å². The van der Waals surface area contributed by atoms with Gasteiger partial charge in [-0.05, 0) is 30.3 Å². The van der Waals surface area contributed by atoms with E-state index in [1.165, 1.54) is 13.2 Å². The molecule has 1 amide bonds. The van der Waals surface area contributed by atoms with Crippen LogP contribution in [-0.2, 0) is 16.1 Å². The Balaban J connectivity index is 1.84. The van der Waals surface area contributed by atoms with E-state index >= 15 is 0 Å². The predicted molar refractivity (Wildman–Crippen MR) is 101 cm³/mol. The highest BCUT2D eigenvalue weighted by Gasteiger charge is 2.13. The first-order valence-electron chi connectivity index (χ1n) is 8.29. The summed E-state index contributed by atoms with van der Waals surface area (Å²) in [5.41, 5.74) is 2.65. The van der Waals surface area contributed by atoms with E-state index in [0.29, 0.717) is 35.9 Å². The first-order valence-corrected chi connectivity index (χ1v) is 8.67. The number of rotatable bonds is 7. The lowest BCUT2D eigenvalue weighted by molar-refractivity contribution is -0.122. The first kappa shape index (κ1) is 19.1. The number of fused-ring (bicyclic) bond motifs is 1. The molecule has 6 nitrogen and oxygen atoms in total. The van der Waals surface area contributed by atoms with Gasteiger partial charge in [-0.1, -0.05) is 11.6 Å². The summed E-state index contributed by atoms with van der Waals surface area (Å²) in [6, 6.07) is 8.65. The fraction of sp³-hybridized carbons (Fsp3) is 0.263. The van der Waals surface area contributed by atoms with Crippen molar-refractivity contribution in [1.82, 2.24) is 15.3 Å². The topological polar surface area (TPSA) is 76.2 Å². The number of hydrogen-bond donors (Lipinski definition) is 2. The second-order valence-electron chi connectivity index (χ2n) is 5.92. The van der Waals surface area contributed by atoms with Gasteiger partial charge in [0.2, 0.25) is 5.91 Å². The third-order valence-corrected chi connectivity index (χ3v) is 4.40. The number of H-pyrrole nitrogens is 1. The highest BCUT2D eigenvalue weighted by Crippen LogP contribution is 2.32. The van der Waals surface area contributed by atoms with Crippen molar-refractivity contribution in [2.24, 2.45) is 0 Å². The first-order chi connectivity index (χ1) is 13.0. The van der Waals surface area contributed by atoms with Crippen LogP contribution in [0.4, 0.5) is 4.39 Å². The zero-order valence-electron chi connectivity index (χ0n) is 14.9. The molecule has 0 aliphatic heterocycles. The quantitative estimate of drug-likeness (QED) is 0.602. The number of halogens is 2. The molecule has 2 N–H and O–H groups in total. The minimum atomic E-state index is -0.697. The number of carbonyl (C=O) groups excluding carboxylic acids is 1. The molecule has 142 valence electrons. The molecule has 2 aromatic heterocycles. The standard InChI is InChI=1S/C19H19ClFN3O3/c1-26-6-5-18(25)22-10-12-7-11-8-14(20)13(9-16(11)23-12)15-3-4-17(27-2)19(21)24-15/h3-4,7-9,23H,5-6,10H2,1-2H3,(H,22,25). The average Bonchev–Trinajstić information content (AvgIpc) is 3.05. The second kappa shape index (κ2) is 8.37. The van der Waals surface area contributed by atoms with E-state index in [1.54, 1.807) is 19.2 Å². The SMILES string of the molecule is COCCC(=O)NCc1cc2cc(Cl)c(-c3ccc(OC)c(F)n3)cc2[nH]1. The second-order valence-corrected chi connectivity index (χ2v) is 6.33. The van der Waals surface area contributed by atoms with E-state index in [9.17, 15) is 9.18 Å². The van der Waals surface area contributed by atoms with Gasteiger partial charge in [0.05, 0.1) is 31.0 Å². The van der Waals surface area contributed by atoms with Crippen molar-refractivity contribution in [2.45, 2.75) is 13.0 Å². The number of methoxy groups -OCH3 is 2.